The Bertz CT molecular complexity index is 821. The minimum Gasteiger partial charge on any atom is -0.480 e. The van der Waals surface area contributed by atoms with Crippen molar-refractivity contribution in [3.8, 4) is 11.1 Å². The zero-order valence-electron chi connectivity index (χ0n) is 13.4. The first-order valence-electron chi connectivity index (χ1n) is 7.64. The van der Waals surface area contributed by atoms with Crippen LogP contribution < -0.4 is 10.5 Å². The number of carboxylic acids is 1. The molecule has 0 aliphatic rings. The van der Waals surface area contributed by atoms with Crippen LogP contribution >= 0.6 is 11.6 Å². The van der Waals surface area contributed by atoms with E-state index in [9.17, 15) is 13.2 Å². The van der Waals surface area contributed by atoms with Crippen LogP contribution in [0.3, 0.4) is 0 Å². The second kappa shape index (κ2) is 8.44. The van der Waals surface area contributed by atoms with Gasteiger partial charge in [0.1, 0.15) is 6.04 Å². The van der Waals surface area contributed by atoms with Crippen molar-refractivity contribution in [1.29, 1.82) is 0 Å². The highest BCUT2D eigenvalue weighted by Crippen LogP contribution is 2.23. The van der Waals surface area contributed by atoms with E-state index < -0.39 is 22.0 Å². The Balaban J connectivity index is 2.19. The fourth-order valence-electron chi connectivity index (χ4n) is 2.28. The quantitative estimate of drug-likeness (QED) is 0.649. The van der Waals surface area contributed by atoms with Gasteiger partial charge in [0.05, 0.1) is 4.90 Å². The lowest BCUT2D eigenvalue weighted by atomic mass is 10.1. The molecule has 4 N–H and O–H groups in total. The number of carbonyl (C=O) groups is 1. The summed E-state index contributed by atoms with van der Waals surface area (Å²) in [6.45, 7) is 0.293. The lowest BCUT2D eigenvalue weighted by Crippen LogP contribution is -2.40. The second-order valence-electron chi connectivity index (χ2n) is 5.47. The molecule has 0 heterocycles. The highest BCUT2D eigenvalue weighted by Gasteiger charge is 2.24. The van der Waals surface area contributed by atoms with Crippen molar-refractivity contribution in [3.63, 3.8) is 0 Å². The molecule has 1 atom stereocenters. The zero-order chi connectivity index (χ0) is 18.4. The summed E-state index contributed by atoms with van der Waals surface area (Å²) in [7, 11) is -3.93. The third-order valence-corrected chi connectivity index (χ3v) is 5.37. The van der Waals surface area contributed by atoms with E-state index in [1.807, 2.05) is 12.1 Å². The van der Waals surface area contributed by atoms with Gasteiger partial charge >= 0.3 is 5.97 Å². The van der Waals surface area contributed by atoms with E-state index in [0.29, 0.717) is 18.0 Å². The van der Waals surface area contributed by atoms with Gasteiger partial charge in [-0.3, -0.25) is 4.79 Å². The van der Waals surface area contributed by atoms with Crippen LogP contribution in [-0.2, 0) is 14.8 Å². The molecule has 0 spiro atoms. The Kier molecular flexibility index (Phi) is 6.55. The molecule has 2 aromatic carbocycles. The fraction of sp³-hybridized carbons (Fsp3) is 0.235. The van der Waals surface area contributed by atoms with Crippen LogP contribution in [0.15, 0.2) is 53.4 Å². The molecule has 0 bridgehead atoms. The van der Waals surface area contributed by atoms with Gasteiger partial charge in [-0.2, -0.15) is 4.72 Å². The smallest absolute Gasteiger partial charge is 0.321 e. The predicted molar refractivity (Wildman–Crippen MR) is 96.9 cm³/mol. The topological polar surface area (TPSA) is 109 Å². The number of aliphatic carboxylic acids is 1. The van der Waals surface area contributed by atoms with E-state index in [4.69, 9.17) is 22.4 Å². The van der Waals surface area contributed by atoms with Gasteiger partial charge in [0, 0.05) is 5.02 Å². The number of carboxylic acid groups (broad SMARTS) is 1. The summed E-state index contributed by atoms with van der Waals surface area (Å²) >= 11 is 5.85. The lowest BCUT2D eigenvalue weighted by molar-refractivity contribution is -0.139. The normalized spacial score (nSPS) is 12.7. The van der Waals surface area contributed by atoms with Crippen molar-refractivity contribution in [1.82, 2.24) is 4.72 Å². The van der Waals surface area contributed by atoms with Gasteiger partial charge in [-0.1, -0.05) is 35.9 Å². The van der Waals surface area contributed by atoms with Gasteiger partial charge in [-0.15, -0.1) is 0 Å². The average Bonchev–Trinajstić information content (AvgIpc) is 2.59. The van der Waals surface area contributed by atoms with Gasteiger partial charge in [0.25, 0.3) is 0 Å². The maximum atomic E-state index is 12.4. The molecule has 6 nitrogen and oxygen atoms in total. The number of benzene rings is 2. The monoisotopic (exact) mass is 382 g/mol. The number of halogens is 1. The second-order valence-corrected chi connectivity index (χ2v) is 7.62. The molecule has 0 radical (unpaired) electrons. The number of nitrogens with one attached hydrogen (secondary N) is 1. The molecular formula is C17H19ClN2O4S. The number of sulfonamides is 1. The summed E-state index contributed by atoms with van der Waals surface area (Å²) in [5, 5.41) is 9.76. The number of nitrogens with two attached hydrogens (primary N) is 1. The van der Waals surface area contributed by atoms with Gasteiger partial charge in [-0.25, -0.2) is 8.42 Å². The summed E-state index contributed by atoms with van der Waals surface area (Å²) in [5.74, 6) is -1.23. The third kappa shape index (κ3) is 5.27. The van der Waals surface area contributed by atoms with Crippen molar-refractivity contribution >= 4 is 27.6 Å². The van der Waals surface area contributed by atoms with Crippen molar-refractivity contribution in [2.75, 3.05) is 6.54 Å². The van der Waals surface area contributed by atoms with Crippen LogP contribution in [0.2, 0.25) is 5.02 Å². The average molecular weight is 383 g/mol. The van der Waals surface area contributed by atoms with Crippen LogP contribution in [0.4, 0.5) is 0 Å². The molecule has 2 rings (SSSR count). The van der Waals surface area contributed by atoms with Gasteiger partial charge in [-0.05, 0) is 54.8 Å². The molecule has 134 valence electrons. The first kappa shape index (κ1) is 19.4. The SMILES string of the molecule is NCCC[C@H](NS(=O)(=O)c1ccc(-c2ccc(Cl)cc2)cc1)C(=O)O. The lowest BCUT2D eigenvalue weighted by Gasteiger charge is -2.14. The zero-order valence-corrected chi connectivity index (χ0v) is 14.9. The molecule has 2 aromatic rings. The van der Waals surface area contributed by atoms with Gasteiger partial charge < -0.3 is 10.8 Å². The Hall–Kier alpha value is -1.93. The molecule has 0 saturated carbocycles. The van der Waals surface area contributed by atoms with Crippen LogP contribution in [0.1, 0.15) is 12.8 Å². The van der Waals surface area contributed by atoms with Crippen molar-refractivity contribution < 1.29 is 18.3 Å². The van der Waals surface area contributed by atoms with Crippen molar-refractivity contribution in [2.24, 2.45) is 5.73 Å². The maximum Gasteiger partial charge on any atom is 0.321 e. The number of hydrogen-bond donors (Lipinski definition) is 3. The maximum absolute atomic E-state index is 12.4. The Morgan fingerprint density at radius 3 is 2.08 bits per heavy atom. The van der Waals surface area contributed by atoms with E-state index in [1.54, 1.807) is 24.3 Å². The summed E-state index contributed by atoms with van der Waals surface area (Å²) in [6.07, 6.45) is 0.545. The predicted octanol–water partition coefficient (Wildman–Crippen LogP) is 2.48. The van der Waals surface area contributed by atoms with E-state index in [-0.39, 0.29) is 11.3 Å². The first-order valence-corrected chi connectivity index (χ1v) is 9.51. The van der Waals surface area contributed by atoms with Crippen LogP contribution in [0.25, 0.3) is 11.1 Å². The molecule has 25 heavy (non-hydrogen) atoms. The van der Waals surface area contributed by atoms with Crippen molar-refractivity contribution in [2.45, 2.75) is 23.8 Å². The Labute approximate surface area is 151 Å². The summed E-state index contributed by atoms with van der Waals surface area (Å²) < 4.78 is 27.0. The van der Waals surface area contributed by atoms with Crippen LogP contribution in [0, 0.1) is 0 Å². The van der Waals surface area contributed by atoms with Gasteiger partial charge in [0.15, 0.2) is 0 Å². The standard InChI is InChI=1S/C17H19ClN2O4S/c18-14-7-3-12(4-8-14)13-5-9-15(10-6-13)25(23,24)20-16(17(21)22)2-1-11-19/h3-10,16,20H,1-2,11,19H2,(H,21,22)/t16-/m0/s1. The molecule has 0 saturated heterocycles. The first-order chi connectivity index (χ1) is 11.8. The third-order valence-electron chi connectivity index (χ3n) is 3.63. The minimum absolute atomic E-state index is 0.00390. The molecule has 0 fully saturated rings. The summed E-state index contributed by atoms with van der Waals surface area (Å²) in [6, 6.07) is 12.2. The highest BCUT2D eigenvalue weighted by atomic mass is 35.5. The Morgan fingerprint density at radius 2 is 1.60 bits per heavy atom. The molecule has 8 heteroatoms. The molecule has 0 aliphatic heterocycles. The van der Waals surface area contributed by atoms with E-state index >= 15 is 0 Å². The summed E-state index contributed by atoms with van der Waals surface area (Å²) in [4.78, 5) is 11.2. The Morgan fingerprint density at radius 1 is 1.08 bits per heavy atom. The molecule has 0 aliphatic carbocycles. The molecule has 0 aromatic heterocycles. The number of rotatable bonds is 8. The van der Waals surface area contributed by atoms with Crippen molar-refractivity contribution in [3.05, 3.63) is 53.6 Å². The molecule has 0 amide bonds. The summed E-state index contributed by atoms with van der Waals surface area (Å²) in [5.41, 5.74) is 7.08. The van der Waals surface area contributed by atoms with Crippen LogP contribution in [-0.4, -0.2) is 32.1 Å². The minimum atomic E-state index is -3.93. The molecule has 0 unspecified atom stereocenters. The number of hydrogen-bond acceptors (Lipinski definition) is 4. The largest absolute Gasteiger partial charge is 0.480 e. The van der Waals surface area contributed by atoms with Crippen LogP contribution in [0.5, 0.6) is 0 Å². The fourth-order valence-corrected chi connectivity index (χ4v) is 3.63. The van der Waals surface area contributed by atoms with Gasteiger partial charge in [0.2, 0.25) is 10.0 Å². The van der Waals surface area contributed by atoms with E-state index in [1.165, 1.54) is 12.1 Å². The van der Waals surface area contributed by atoms with E-state index in [2.05, 4.69) is 4.72 Å². The highest BCUT2D eigenvalue weighted by molar-refractivity contribution is 7.89. The van der Waals surface area contributed by atoms with E-state index in [0.717, 1.165) is 11.1 Å². The molecular weight excluding hydrogens is 364 g/mol.